The maximum atomic E-state index is 12.6. The van der Waals surface area contributed by atoms with Crippen molar-refractivity contribution in [3.8, 4) is 5.75 Å². The Labute approximate surface area is 169 Å². The third-order valence-corrected chi connectivity index (χ3v) is 6.04. The van der Waals surface area contributed by atoms with Crippen molar-refractivity contribution in [2.24, 2.45) is 0 Å². The van der Waals surface area contributed by atoms with E-state index in [2.05, 4.69) is 9.88 Å². The first-order valence-electron chi connectivity index (χ1n) is 10.2. The van der Waals surface area contributed by atoms with Crippen molar-refractivity contribution in [2.45, 2.75) is 57.5 Å². The fraction of sp³-hybridized carbons (Fsp3) is 0.524. The van der Waals surface area contributed by atoms with E-state index in [0.29, 0.717) is 31.2 Å². The van der Waals surface area contributed by atoms with Crippen LogP contribution in [0.1, 0.15) is 60.7 Å². The molecule has 2 aromatic rings. The third kappa shape index (κ3) is 4.17. The van der Waals surface area contributed by atoms with Gasteiger partial charge in [0.25, 0.3) is 11.2 Å². The lowest BCUT2D eigenvalue weighted by atomic mass is 9.88. The van der Waals surface area contributed by atoms with Crippen molar-refractivity contribution in [1.82, 2.24) is 14.9 Å². The number of hydrogen-bond donors (Lipinski definition) is 1. The monoisotopic (exact) mass is 398 g/mol. The van der Waals surface area contributed by atoms with E-state index in [0.717, 1.165) is 42.0 Å². The van der Waals surface area contributed by atoms with E-state index in [9.17, 15) is 14.9 Å². The van der Waals surface area contributed by atoms with E-state index in [1.54, 1.807) is 6.07 Å². The van der Waals surface area contributed by atoms with Gasteiger partial charge in [0.2, 0.25) is 0 Å². The van der Waals surface area contributed by atoms with Gasteiger partial charge in [0.05, 0.1) is 23.8 Å². The number of non-ortho nitro benzene ring substituents is 1. The summed E-state index contributed by atoms with van der Waals surface area (Å²) in [5.74, 6) is 1.70. The molecule has 29 heavy (non-hydrogen) atoms. The van der Waals surface area contributed by atoms with Crippen LogP contribution in [0.25, 0.3) is 0 Å². The quantitative estimate of drug-likeness (QED) is 0.613. The molecule has 8 heteroatoms. The fourth-order valence-electron chi connectivity index (χ4n) is 4.44. The number of nitrogens with zero attached hydrogens (tertiary/aromatic N) is 3. The second-order valence-electron chi connectivity index (χ2n) is 7.93. The van der Waals surface area contributed by atoms with Gasteiger partial charge in [-0.25, -0.2) is 4.98 Å². The highest BCUT2D eigenvalue weighted by Crippen LogP contribution is 2.31. The van der Waals surface area contributed by atoms with Crippen LogP contribution in [-0.4, -0.2) is 33.4 Å². The summed E-state index contributed by atoms with van der Waals surface area (Å²) >= 11 is 0. The van der Waals surface area contributed by atoms with Gasteiger partial charge in [0.1, 0.15) is 11.6 Å². The second kappa shape index (κ2) is 8.32. The molecule has 2 heterocycles. The Bertz CT molecular complexity index is 966. The molecule has 0 saturated heterocycles. The Hall–Kier alpha value is -2.74. The predicted octanol–water partition coefficient (Wildman–Crippen LogP) is 3.29. The average Bonchev–Trinajstić information content (AvgIpc) is 2.74. The average molecular weight is 398 g/mol. The number of nitrogens with one attached hydrogen (secondary N) is 1. The number of benzene rings is 1. The molecule has 1 aromatic carbocycles. The number of H-pyrrole nitrogens is 1. The first kappa shape index (κ1) is 19.6. The second-order valence-corrected chi connectivity index (χ2v) is 7.93. The highest BCUT2D eigenvalue weighted by molar-refractivity contribution is 5.44. The summed E-state index contributed by atoms with van der Waals surface area (Å²) in [5, 5.41) is 11.0. The molecule has 1 N–H and O–H groups in total. The lowest BCUT2D eigenvalue weighted by Gasteiger charge is -2.29. The third-order valence-electron chi connectivity index (χ3n) is 6.04. The van der Waals surface area contributed by atoms with Gasteiger partial charge in [-0.3, -0.25) is 19.8 Å². The van der Waals surface area contributed by atoms with Crippen LogP contribution in [0.3, 0.4) is 0 Å². The number of ether oxygens (including phenoxy) is 1. The van der Waals surface area contributed by atoms with Crippen LogP contribution in [0.5, 0.6) is 5.75 Å². The smallest absolute Gasteiger partial charge is 0.273 e. The number of rotatable bonds is 5. The minimum Gasteiger partial charge on any atom is -0.496 e. The van der Waals surface area contributed by atoms with Gasteiger partial charge >= 0.3 is 0 Å². The van der Waals surface area contributed by atoms with Crippen molar-refractivity contribution in [3.63, 3.8) is 0 Å². The van der Waals surface area contributed by atoms with Crippen LogP contribution in [-0.2, 0) is 19.5 Å². The summed E-state index contributed by atoms with van der Waals surface area (Å²) < 4.78 is 5.36. The number of nitro groups is 1. The molecule has 0 radical (unpaired) electrons. The van der Waals surface area contributed by atoms with Gasteiger partial charge in [-0.1, -0.05) is 19.3 Å². The first-order valence-corrected chi connectivity index (χ1v) is 10.2. The topological polar surface area (TPSA) is 101 Å². The van der Waals surface area contributed by atoms with Crippen LogP contribution in [0.15, 0.2) is 23.0 Å². The summed E-state index contributed by atoms with van der Waals surface area (Å²) in [6.07, 6.45) is 6.47. The van der Waals surface area contributed by atoms with E-state index in [4.69, 9.17) is 9.72 Å². The molecule has 4 rings (SSSR count). The van der Waals surface area contributed by atoms with Gasteiger partial charge in [0, 0.05) is 42.7 Å². The Kier molecular flexibility index (Phi) is 5.62. The molecule has 0 bridgehead atoms. The number of fused-ring (bicyclic) bond motifs is 1. The molecule has 1 aliphatic carbocycles. The number of nitro benzene ring substituents is 1. The summed E-state index contributed by atoms with van der Waals surface area (Å²) in [6, 6.07) is 4.70. The molecule has 0 spiro atoms. The Balaban J connectivity index is 1.54. The summed E-state index contributed by atoms with van der Waals surface area (Å²) in [7, 11) is 1.52. The minimum absolute atomic E-state index is 0.00291. The Morgan fingerprint density at radius 1 is 1.31 bits per heavy atom. The molecule has 2 aliphatic rings. The van der Waals surface area contributed by atoms with Crippen LogP contribution >= 0.6 is 0 Å². The van der Waals surface area contributed by atoms with E-state index < -0.39 is 4.92 Å². The van der Waals surface area contributed by atoms with E-state index in [1.807, 2.05) is 0 Å². The molecule has 0 atom stereocenters. The molecule has 8 nitrogen and oxygen atoms in total. The lowest BCUT2D eigenvalue weighted by molar-refractivity contribution is -0.384. The predicted molar refractivity (Wildman–Crippen MR) is 108 cm³/mol. The van der Waals surface area contributed by atoms with Crippen molar-refractivity contribution in [2.75, 3.05) is 13.7 Å². The molecular formula is C21H26N4O4. The van der Waals surface area contributed by atoms with Gasteiger partial charge in [-0.05, 0) is 25.3 Å². The van der Waals surface area contributed by atoms with Crippen molar-refractivity contribution in [3.05, 3.63) is 61.3 Å². The highest BCUT2D eigenvalue weighted by Gasteiger charge is 2.25. The maximum Gasteiger partial charge on any atom is 0.273 e. The van der Waals surface area contributed by atoms with Gasteiger partial charge in [-0.2, -0.15) is 0 Å². The molecule has 0 amide bonds. The molecule has 1 fully saturated rings. The number of methoxy groups -OCH3 is 1. The van der Waals surface area contributed by atoms with Crippen LogP contribution in [0, 0.1) is 10.1 Å². The standard InChI is InChI=1S/C21H26N4O4/c1-29-19-11-16(25(27)28)8-7-15(19)12-24-10-9-17-18(13-24)22-20(23-21(17)26)14-5-3-2-4-6-14/h7-8,11,14H,2-6,9-10,12-13H2,1H3,(H,22,23,26). The molecule has 1 saturated carbocycles. The summed E-state index contributed by atoms with van der Waals surface area (Å²) in [4.78, 5) is 33.3. The van der Waals surface area contributed by atoms with Crippen molar-refractivity contribution in [1.29, 1.82) is 0 Å². The van der Waals surface area contributed by atoms with Crippen molar-refractivity contribution < 1.29 is 9.66 Å². The number of aromatic amines is 1. The highest BCUT2D eigenvalue weighted by atomic mass is 16.6. The number of aromatic nitrogens is 2. The zero-order chi connectivity index (χ0) is 20.4. The minimum atomic E-state index is -0.424. The Morgan fingerprint density at radius 2 is 2.10 bits per heavy atom. The molecule has 154 valence electrons. The largest absolute Gasteiger partial charge is 0.496 e. The molecule has 1 aromatic heterocycles. The maximum absolute atomic E-state index is 12.6. The van der Waals surface area contributed by atoms with E-state index in [-0.39, 0.29) is 11.2 Å². The van der Waals surface area contributed by atoms with Gasteiger partial charge in [-0.15, -0.1) is 0 Å². The van der Waals surface area contributed by atoms with Crippen LogP contribution < -0.4 is 10.3 Å². The van der Waals surface area contributed by atoms with Crippen LogP contribution in [0.2, 0.25) is 0 Å². The van der Waals surface area contributed by atoms with Crippen molar-refractivity contribution >= 4 is 5.69 Å². The molecule has 1 aliphatic heterocycles. The normalized spacial score (nSPS) is 17.7. The number of hydrogen-bond acceptors (Lipinski definition) is 6. The summed E-state index contributed by atoms with van der Waals surface area (Å²) in [5.41, 5.74) is 2.56. The fourth-order valence-corrected chi connectivity index (χ4v) is 4.44. The SMILES string of the molecule is COc1cc([N+](=O)[O-])ccc1CN1CCc2c(nc(C3CCCCC3)[nH]c2=O)C1. The van der Waals surface area contributed by atoms with Gasteiger partial charge in [0.15, 0.2) is 0 Å². The first-order chi connectivity index (χ1) is 14.0. The summed E-state index contributed by atoms with van der Waals surface area (Å²) in [6.45, 7) is 1.92. The van der Waals surface area contributed by atoms with E-state index in [1.165, 1.54) is 38.5 Å². The van der Waals surface area contributed by atoms with E-state index >= 15 is 0 Å². The Morgan fingerprint density at radius 3 is 2.83 bits per heavy atom. The zero-order valence-corrected chi connectivity index (χ0v) is 16.6. The zero-order valence-electron chi connectivity index (χ0n) is 16.6. The molecule has 0 unspecified atom stereocenters. The van der Waals surface area contributed by atoms with Gasteiger partial charge < -0.3 is 9.72 Å². The lowest BCUT2D eigenvalue weighted by Crippen LogP contribution is -2.35. The molecular weight excluding hydrogens is 372 g/mol. The van der Waals surface area contributed by atoms with Crippen LogP contribution in [0.4, 0.5) is 5.69 Å².